The first kappa shape index (κ1) is 16.1. The lowest BCUT2D eigenvalue weighted by molar-refractivity contribution is -0.137. The molecule has 1 aromatic carbocycles. The molecule has 0 saturated carbocycles. The molecule has 0 N–H and O–H groups in total. The predicted molar refractivity (Wildman–Crippen MR) is 81.2 cm³/mol. The second-order valence-corrected chi connectivity index (χ2v) is 4.67. The van der Waals surface area contributed by atoms with Crippen molar-refractivity contribution in [2.45, 2.75) is 13.8 Å². The number of carbonyl (C=O) groups is 2. The topological polar surface area (TPSA) is 61.8 Å². The Bertz CT molecular complexity index is 643. The Kier molecular flexibility index (Phi) is 5.22. The van der Waals surface area contributed by atoms with Gasteiger partial charge in [-0.2, -0.15) is 0 Å². The number of ketones is 1. The van der Waals surface area contributed by atoms with Gasteiger partial charge in [-0.25, -0.2) is 4.79 Å². The van der Waals surface area contributed by atoms with Crippen molar-refractivity contribution in [3.63, 3.8) is 0 Å². The van der Waals surface area contributed by atoms with Crippen LogP contribution in [0, 0.1) is 0 Å². The van der Waals surface area contributed by atoms with Crippen LogP contribution in [-0.4, -0.2) is 25.0 Å². The molecule has 1 aromatic rings. The zero-order valence-corrected chi connectivity index (χ0v) is 13.0. The molecule has 116 valence electrons. The van der Waals surface area contributed by atoms with E-state index in [2.05, 4.69) is 0 Å². The van der Waals surface area contributed by atoms with Crippen LogP contribution in [0.4, 0.5) is 0 Å². The summed E-state index contributed by atoms with van der Waals surface area (Å²) >= 11 is 6.00. The number of rotatable bonds is 5. The maximum Gasteiger partial charge on any atom is 0.334 e. The zero-order valence-electron chi connectivity index (χ0n) is 12.2. The van der Waals surface area contributed by atoms with Crippen LogP contribution in [0.2, 0.25) is 0 Å². The Labute approximate surface area is 133 Å². The van der Waals surface area contributed by atoms with Gasteiger partial charge in [0.15, 0.2) is 11.5 Å². The van der Waals surface area contributed by atoms with Gasteiger partial charge in [0.05, 0.1) is 19.3 Å². The van der Waals surface area contributed by atoms with Crippen molar-refractivity contribution in [2.75, 3.05) is 13.2 Å². The van der Waals surface area contributed by atoms with Crippen LogP contribution in [0.15, 0.2) is 41.1 Å². The van der Waals surface area contributed by atoms with E-state index in [0.717, 1.165) is 6.08 Å². The lowest BCUT2D eigenvalue weighted by Gasteiger charge is -2.06. The number of allylic oxidation sites excluding steroid dienone is 1. The minimum Gasteiger partial charge on any atom is -0.494 e. The average Bonchev–Trinajstić information content (AvgIpc) is 2.77. The molecule has 0 amide bonds. The Morgan fingerprint density at radius 1 is 1.23 bits per heavy atom. The molecule has 0 saturated heterocycles. The molecular weight excluding hydrogens is 308 g/mol. The molecule has 0 atom stereocenters. The molecule has 0 spiro atoms. The minimum atomic E-state index is -0.650. The Hall–Kier alpha value is -2.27. The summed E-state index contributed by atoms with van der Waals surface area (Å²) in [5, 5.41) is -0.0697. The highest BCUT2D eigenvalue weighted by Gasteiger charge is 2.31. The van der Waals surface area contributed by atoms with Gasteiger partial charge in [-0.3, -0.25) is 4.79 Å². The molecule has 0 fully saturated rings. The van der Waals surface area contributed by atoms with Crippen LogP contribution in [0.3, 0.4) is 0 Å². The van der Waals surface area contributed by atoms with E-state index >= 15 is 0 Å². The number of carbonyl (C=O) groups excluding carboxylic acids is 2. The van der Waals surface area contributed by atoms with Crippen molar-refractivity contribution in [1.82, 2.24) is 0 Å². The number of halogens is 1. The fourth-order valence-electron chi connectivity index (χ4n) is 1.85. The van der Waals surface area contributed by atoms with E-state index in [0.29, 0.717) is 17.9 Å². The zero-order chi connectivity index (χ0) is 16.1. The van der Waals surface area contributed by atoms with Gasteiger partial charge in [0.1, 0.15) is 10.8 Å². The molecule has 22 heavy (non-hydrogen) atoms. The maximum atomic E-state index is 12.0. The van der Waals surface area contributed by atoms with Gasteiger partial charge >= 0.3 is 5.97 Å². The van der Waals surface area contributed by atoms with E-state index in [-0.39, 0.29) is 23.2 Å². The molecule has 0 bridgehead atoms. The largest absolute Gasteiger partial charge is 0.494 e. The number of ether oxygens (including phenoxy) is 3. The number of benzene rings is 1. The first-order valence-electron chi connectivity index (χ1n) is 6.80. The van der Waals surface area contributed by atoms with Crippen LogP contribution in [-0.2, 0) is 19.1 Å². The Morgan fingerprint density at radius 2 is 1.91 bits per heavy atom. The molecule has 1 aliphatic heterocycles. The van der Waals surface area contributed by atoms with Crippen LogP contribution < -0.4 is 4.74 Å². The van der Waals surface area contributed by atoms with Crippen molar-refractivity contribution in [3.8, 4) is 5.75 Å². The van der Waals surface area contributed by atoms with Crippen molar-refractivity contribution < 1.29 is 23.8 Å². The summed E-state index contributed by atoms with van der Waals surface area (Å²) in [4.78, 5) is 23.4. The normalized spacial score (nSPS) is 16.0. The fraction of sp³-hybridized carbons (Fsp3) is 0.250. The summed E-state index contributed by atoms with van der Waals surface area (Å²) in [5.41, 5.74) is 0.620. The number of esters is 1. The highest BCUT2D eigenvalue weighted by atomic mass is 35.5. The smallest absolute Gasteiger partial charge is 0.334 e. The molecule has 0 unspecified atom stereocenters. The third-order valence-corrected chi connectivity index (χ3v) is 3.14. The standard InChI is InChI=1S/C16H15ClO5/c1-3-20-11-7-5-10(6-8-11)16-14(17)15(19)12(22-16)9-13(18)21-4-2/h5-9H,3-4H2,1-2H3/b12-9+. The highest BCUT2D eigenvalue weighted by molar-refractivity contribution is 6.49. The first-order chi connectivity index (χ1) is 10.6. The van der Waals surface area contributed by atoms with Gasteiger partial charge in [-0.05, 0) is 38.1 Å². The molecule has 0 aliphatic carbocycles. The van der Waals surface area contributed by atoms with E-state index in [4.69, 9.17) is 25.8 Å². The second kappa shape index (κ2) is 7.13. The summed E-state index contributed by atoms with van der Waals surface area (Å²) in [6, 6.07) is 6.94. The predicted octanol–water partition coefficient (Wildman–Crippen LogP) is 3.04. The molecule has 5 nitrogen and oxygen atoms in total. The first-order valence-corrected chi connectivity index (χ1v) is 7.18. The van der Waals surface area contributed by atoms with Crippen LogP contribution in [0.1, 0.15) is 19.4 Å². The van der Waals surface area contributed by atoms with E-state index in [1.165, 1.54) is 0 Å². The van der Waals surface area contributed by atoms with E-state index < -0.39 is 11.8 Å². The lowest BCUT2D eigenvalue weighted by atomic mass is 10.1. The van der Waals surface area contributed by atoms with E-state index in [1.54, 1.807) is 31.2 Å². The van der Waals surface area contributed by atoms with Gasteiger partial charge < -0.3 is 14.2 Å². The number of Topliss-reactive ketones (excluding diaryl/α,β-unsaturated/α-hetero) is 1. The van der Waals surface area contributed by atoms with Crippen LogP contribution in [0.5, 0.6) is 5.75 Å². The van der Waals surface area contributed by atoms with E-state index in [1.807, 2.05) is 6.92 Å². The highest BCUT2D eigenvalue weighted by Crippen LogP contribution is 2.35. The van der Waals surface area contributed by atoms with Crippen molar-refractivity contribution in [1.29, 1.82) is 0 Å². The SMILES string of the molecule is CCOC(=O)/C=C1/OC(c2ccc(OCC)cc2)=C(Cl)C1=O. The third-order valence-electron chi connectivity index (χ3n) is 2.80. The minimum absolute atomic E-state index is 0.0697. The van der Waals surface area contributed by atoms with Gasteiger partial charge in [0.2, 0.25) is 5.78 Å². The van der Waals surface area contributed by atoms with Crippen LogP contribution in [0.25, 0.3) is 5.76 Å². The quantitative estimate of drug-likeness (QED) is 0.616. The Balaban J connectivity index is 2.21. The number of hydrogen-bond acceptors (Lipinski definition) is 5. The van der Waals surface area contributed by atoms with Crippen LogP contribution >= 0.6 is 11.6 Å². The van der Waals surface area contributed by atoms with Gasteiger partial charge in [-0.1, -0.05) is 11.6 Å². The molecule has 2 rings (SSSR count). The average molecular weight is 323 g/mol. The molecule has 1 heterocycles. The van der Waals surface area contributed by atoms with Crippen molar-refractivity contribution in [3.05, 3.63) is 46.7 Å². The maximum absolute atomic E-state index is 12.0. The van der Waals surface area contributed by atoms with E-state index in [9.17, 15) is 9.59 Å². The molecule has 0 radical (unpaired) electrons. The molecule has 1 aliphatic rings. The Morgan fingerprint density at radius 3 is 2.50 bits per heavy atom. The fourth-order valence-corrected chi connectivity index (χ4v) is 2.09. The van der Waals surface area contributed by atoms with Gasteiger partial charge in [0.25, 0.3) is 0 Å². The number of hydrogen-bond donors (Lipinski definition) is 0. The summed E-state index contributed by atoms with van der Waals surface area (Å²) in [7, 11) is 0. The molecule has 0 aromatic heterocycles. The second-order valence-electron chi connectivity index (χ2n) is 4.29. The third kappa shape index (κ3) is 3.49. The summed E-state index contributed by atoms with van der Waals surface area (Å²) in [6.07, 6.45) is 0.996. The summed E-state index contributed by atoms with van der Waals surface area (Å²) < 4.78 is 15.5. The lowest BCUT2D eigenvalue weighted by Crippen LogP contribution is -2.04. The van der Waals surface area contributed by atoms with Crippen molar-refractivity contribution >= 4 is 29.1 Å². The monoisotopic (exact) mass is 322 g/mol. The molecular formula is C16H15ClO5. The molecule has 6 heteroatoms. The van der Waals surface area contributed by atoms with Gasteiger partial charge in [0, 0.05) is 5.56 Å². The van der Waals surface area contributed by atoms with Gasteiger partial charge in [-0.15, -0.1) is 0 Å². The summed E-state index contributed by atoms with van der Waals surface area (Å²) in [5.74, 6) is -0.422. The summed E-state index contributed by atoms with van der Waals surface area (Å²) in [6.45, 7) is 4.33. The van der Waals surface area contributed by atoms with Crippen molar-refractivity contribution in [2.24, 2.45) is 0 Å².